The molecule has 0 radical (unpaired) electrons. The molecule has 1 fully saturated rings. The summed E-state index contributed by atoms with van der Waals surface area (Å²) in [4.78, 5) is 29.9. The van der Waals surface area contributed by atoms with Crippen LogP contribution in [0.3, 0.4) is 0 Å². The SMILES string of the molecule is C=CC(=O)Nc1cccc(-c2c(F)ccc3cnc(Nc4ccc(N5CCN(C)CC5)nc4)nc23)c1. The van der Waals surface area contributed by atoms with Crippen LogP contribution in [0.5, 0.6) is 0 Å². The van der Waals surface area contributed by atoms with Crippen molar-refractivity contribution in [2.75, 3.05) is 48.8 Å². The summed E-state index contributed by atoms with van der Waals surface area (Å²) < 4.78 is 15.1. The number of anilines is 4. The van der Waals surface area contributed by atoms with E-state index in [-0.39, 0.29) is 5.91 Å². The van der Waals surface area contributed by atoms with Crippen LogP contribution in [0.2, 0.25) is 0 Å². The zero-order valence-electron chi connectivity index (χ0n) is 19.9. The maximum Gasteiger partial charge on any atom is 0.247 e. The average molecular weight is 484 g/mol. The number of halogens is 1. The Hall–Kier alpha value is -4.37. The van der Waals surface area contributed by atoms with Crippen LogP contribution >= 0.6 is 0 Å². The lowest BCUT2D eigenvalue weighted by Crippen LogP contribution is -2.44. The number of carbonyl (C=O) groups excluding carboxylic acids is 1. The third kappa shape index (κ3) is 5.01. The molecule has 2 N–H and O–H groups in total. The molecule has 182 valence electrons. The van der Waals surface area contributed by atoms with Crippen molar-refractivity contribution in [1.82, 2.24) is 19.9 Å². The van der Waals surface area contributed by atoms with Gasteiger partial charge in [0.25, 0.3) is 0 Å². The Kier molecular flexibility index (Phi) is 6.55. The zero-order valence-corrected chi connectivity index (χ0v) is 19.9. The first kappa shape index (κ1) is 23.4. The molecule has 9 heteroatoms. The van der Waals surface area contributed by atoms with Crippen molar-refractivity contribution < 1.29 is 9.18 Å². The van der Waals surface area contributed by atoms with Gasteiger partial charge in [0.1, 0.15) is 11.6 Å². The number of hydrogen-bond donors (Lipinski definition) is 2. The number of pyridine rings is 1. The van der Waals surface area contributed by atoms with E-state index in [0.717, 1.165) is 37.7 Å². The van der Waals surface area contributed by atoms with Gasteiger partial charge in [0.15, 0.2) is 0 Å². The van der Waals surface area contributed by atoms with Crippen molar-refractivity contribution in [2.24, 2.45) is 0 Å². The van der Waals surface area contributed by atoms with Gasteiger partial charge >= 0.3 is 0 Å². The number of benzene rings is 2. The molecule has 5 rings (SSSR count). The van der Waals surface area contributed by atoms with Gasteiger partial charge in [0.05, 0.1) is 17.4 Å². The van der Waals surface area contributed by atoms with Crippen LogP contribution in [-0.2, 0) is 4.79 Å². The van der Waals surface area contributed by atoms with E-state index in [1.807, 2.05) is 12.1 Å². The second-order valence-corrected chi connectivity index (χ2v) is 8.65. The first-order valence-electron chi connectivity index (χ1n) is 11.7. The van der Waals surface area contributed by atoms with Gasteiger partial charge in [-0.2, -0.15) is 0 Å². The van der Waals surface area contributed by atoms with Crippen molar-refractivity contribution in [3.8, 4) is 11.1 Å². The topological polar surface area (TPSA) is 86.3 Å². The number of likely N-dealkylation sites (N-methyl/N-ethyl adjacent to an activating group) is 1. The van der Waals surface area contributed by atoms with Crippen LogP contribution in [0.15, 0.2) is 73.6 Å². The van der Waals surface area contributed by atoms with Crippen LogP contribution < -0.4 is 15.5 Å². The van der Waals surface area contributed by atoms with Gasteiger partial charge in [-0.05, 0) is 55.1 Å². The molecule has 1 amide bonds. The van der Waals surface area contributed by atoms with Crippen LogP contribution in [-0.4, -0.2) is 59.0 Å². The number of aromatic nitrogens is 3. The number of rotatable bonds is 6. The molecule has 1 aliphatic heterocycles. The average Bonchev–Trinajstić information content (AvgIpc) is 2.89. The van der Waals surface area contributed by atoms with Crippen LogP contribution in [0.25, 0.3) is 22.0 Å². The van der Waals surface area contributed by atoms with Crippen molar-refractivity contribution in [3.63, 3.8) is 0 Å². The first-order valence-corrected chi connectivity index (χ1v) is 11.7. The Labute approximate surface area is 208 Å². The van der Waals surface area contributed by atoms with E-state index in [4.69, 9.17) is 0 Å². The van der Waals surface area contributed by atoms with Crippen LogP contribution in [0.1, 0.15) is 0 Å². The number of fused-ring (bicyclic) bond motifs is 1. The van der Waals surface area contributed by atoms with Gasteiger partial charge < -0.3 is 20.4 Å². The Morgan fingerprint density at radius 2 is 1.86 bits per heavy atom. The highest BCUT2D eigenvalue weighted by Gasteiger charge is 2.16. The van der Waals surface area contributed by atoms with Crippen molar-refractivity contribution in [1.29, 1.82) is 0 Å². The Balaban J connectivity index is 1.43. The standard InChI is InChI=1S/C27H26FN7O/c1-3-24(36)31-20-6-4-5-18(15-20)25-22(28)9-7-19-16-30-27(33-26(19)25)32-21-8-10-23(29-17-21)35-13-11-34(2)12-14-35/h3-10,15-17H,1,11-14H2,2H3,(H,31,36)(H,30,32,33). The predicted molar refractivity (Wildman–Crippen MR) is 141 cm³/mol. The largest absolute Gasteiger partial charge is 0.354 e. The van der Waals surface area contributed by atoms with E-state index < -0.39 is 5.82 Å². The van der Waals surface area contributed by atoms with Gasteiger partial charge in [-0.3, -0.25) is 4.79 Å². The first-order chi connectivity index (χ1) is 17.5. The van der Waals surface area contributed by atoms with Gasteiger partial charge in [-0.1, -0.05) is 18.7 Å². The molecule has 0 aliphatic carbocycles. The summed E-state index contributed by atoms with van der Waals surface area (Å²) in [6.07, 6.45) is 4.59. The van der Waals surface area contributed by atoms with Crippen molar-refractivity contribution in [2.45, 2.75) is 0 Å². The van der Waals surface area contributed by atoms with Crippen molar-refractivity contribution >= 4 is 40.0 Å². The molecule has 1 aliphatic rings. The Morgan fingerprint density at radius 1 is 1.03 bits per heavy atom. The lowest BCUT2D eigenvalue weighted by Gasteiger charge is -2.33. The number of nitrogens with one attached hydrogen (secondary N) is 2. The number of nitrogens with zero attached hydrogens (tertiary/aromatic N) is 5. The van der Waals surface area contributed by atoms with E-state index in [2.05, 4.69) is 49.0 Å². The maximum atomic E-state index is 15.1. The lowest BCUT2D eigenvalue weighted by molar-refractivity contribution is -0.111. The second-order valence-electron chi connectivity index (χ2n) is 8.65. The Bertz CT molecular complexity index is 1420. The minimum Gasteiger partial charge on any atom is -0.354 e. The fourth-order valence-electron chi connectivity index (χ4n) is 4.17. The predicted octanol–water partition coefficient (Wildman–Crippen LogP) is 4.45. The van der Waals surface area contributed by atoms with E-state index >= 15 is 4.39 Å². The summed E-state index contributed by atoms with van der Waals surface area (Å²) in [5, 5.41) is 6.58. The number of carbonyl (C=O) groups is 1. The number of hydrogen-bond acceptors (Lipinski definition) is 7. The van der Waals surface area contributed by atoms with Gasteiger partial charge in [0, 0.05) is 49.0 Å². The highest BCUT2D eigenvalue weighted by molar-refractivity contribution is 6.00. The van der Waals surface area contributed by atoms with Gasteiger partial charge in [0.2, 0.25) is 11.9 Å². The molecule has 1 saturated heterocycles. The molecule has 36 heavy (non-hydrogen) atoms. The maximum absolute atomic E-state index is 15.1. The van der Waals surface area contributed by atoms with Crippen molar-refractivity contribution in [3.05, 3.63) is 79.4 Å². The molecular weight excluding hydrogens is 457 g/mol. The summed E-state index contributed by atoms with van der Waals surface area (Å²) in [5.41, 5.74) is 2.65. The lowest BCUT2D eigenvalue weighted by atomic mass is 10.0. The summed E-state index contributed by atoms with van der Waals surface area (Å²) in [7, 11) is 2.12. The molecule has 4 aromatic rings. The highest BCUT2D eigenvalue weighted by Crippen LogP contribution is 2.32. The minimum absolute atomic E-state index is 0.330. The molecular formula is C27H26FN7O. The molecule has 0 bridgehead atoms. The summed E-state index contributed by atoms with van der Waals surface area (Å²) in [6.45, 7) is 7.36. The quantitative estimate of drug-likeness (QED) is 0.392. The number of amides is 1. The molecule has 0 atom stereocenters. The molecule has 0 saturated carbocycles. The smallest absolute Gasteiger partial charge is 0.247 e. The molecule has 3 heterocycles. The summed E-state index contributed by atoms with van der Waals surface area (Å²) in [6, 6.07) is 13.9. The molecule has 0 unspecified atom stereocenters. The van der Waals surface area contributed by atoms with E-state index in [1.165, 1.54) is 12.1 Å². The van der Waals surface area contributed by atoms with E-state index in [0.29, 0.717) is 33.7 Å². The molecule has 2 aromatic carbocycles. The summed E-state index contributed by atoms with van der Waals surface area (Å²) >= 11 is 0. The molecule has 2 aromatic heterocycles. The van der Waals surface area contributed by atoms with E-state index in [9.17, 15) is 4.79 Å². The number of piperazine rings is 1. The van der Waals surface area contributed by atoms with E-state index in [1.54, 1.807) is 42.7 Å². The molecule has 0 spiro atoms. The van der Waals surface area contributed by atoms with Crippen LogP contribution in [0.4, 0.5) is 27.5 Å². The monoisotopic (exact) mass is 483 g/mol. The van der Waals surface area contributed by atoms with Crippen LogP contribution in [0, 0.1) is 5.82 Å². The summed E-state index contributed by atoms with van der Waals surface area (Å²) in [5.74, 6) is 0.504. The third-order valence-corrected chi connectivity index (χ3v) is 6.14. The second kappa shape index (κ2) is 10.1. The fourth-order valence-corrected chi connectivity index (χ4v) is 4.17. The minimum atomic E-state index is -0.419. The molecule has 8 nitrogen and oxygen atoms in total. The highest BCUT2D eigenvalue weighted by atomic mass is 19.1. The third-order valence-electron chi connectivity index (χ3n) is 6.14. The normalized spacial score (nSPS) is 14.0. The van der Waals surface area contributed by atoms with Gasteiger partial charge in [-0.25, -0.2) is 19.3 Å². The fraction of sp³-hybridized carbons (Fsp3) is 0.185. The van der Waals surface area contributed by atoms with Gasteiger partial charge in [-0.15, -0.1) is 0 Å². The zero-order chi connectivity index (χ0) is 25.1. The Morgan fingerprint density at radius 3 is 2.61 bits per heavy atom.